The van der Waals surface area contributed by atoms with Crippen LogP contribution in [0, 0.1) is 0 Å². The van der Waals surface area contributed by atoms with Gasteiger partial charge in [0.2, 0.25) is 5.91 Å². The Hall–Kier alpha value is -1.16. The highest BCUT2D eigenvalue weighted by molar-refractivity contribution is 8.00. The van der Waals surface area contributed by atoms with Crippen molar-refractivity contribution in [2.75, 3.05) is 10.7 Å². The van der Waals surface area contributed by atoms with Crippen molar-refractivity contribution < 1.29 is 4.79 Å². The molecule has 0 aliphatic carbocycles. The third-order valence-corrected chi connectivity index (χ3v) is 4.89. The summed E-state index contributed by atoms with van der Waals surface area (Å²) in [5.41, 5.74) is 1.80. The molecule has 0 saturated carbocycles. The molecule has 0 bridgehead atoms. The molecule has 1 fully saturated rings. The molecule has 3 rings (SSSR count). The number of anilines is 1. The van der Waals surface area contributed by atoms with E-state index in [4.69, 9.17) is 23.2 Å². The van der Waals surface area contributed by atoms with Gasteiger partial charge in [0.15, 0.2) is 0 Å². The van der Waals surface area contributed by atoms with Gasteiger partial charge in [-0.2, -0.15) is 0 Å². The first-order valence-electron chi connectivity index (χ1n) is 6.10. The van der Waals surface area contributed by atoms with Crippen molar-refractivity contribution in [1.82, 2.24) is 0 Å². The molecule has 20 heavy (non-hydrogen) atoms. The summed E-state index contributed by atoms with van der Waals surface area (Å²) in [6.45, 7) is 0. The molecule has 1 atom stereocenters. The van der Waals surface area contributed by atoms with E-state index in [2.05, 4.69) is 0 Å². The molecule has 1 aliphatic rings. The number of amides is 1. The van der Waals surface area contributed by atoms with Crippen LogP contribution in [0.15, 0.2) is 48.5 Å². The minimum atomic E-state index is -0.102. The Bertz CT molecular complexity index is 648. The summed E-state index contributed by atoms with van der Waals surface area (Å²) < 4.78 is 0. The summed E-state index contributed by atoms with van der Waals surface area (Å²) in [6, 6.07) is 15.0. The fourth-order valence-electron chi connectivity index (χ4n) is 2.22. The normalized spacial score (nSPS) is 18.6. The van der Waals surface area contributed by atoms with Crippen molar-refractivity contribution in [2.24, 2.45) is 0 Å². The maximum absolute atomic E-state index is 12.2. The molecule has 0 N–H and O–H groups in total. The maximum Gasteiger partial charge on any atom is 0.238 e. The number of benzene rings is 2. The number of rotatable bonds is 2. The van der Waals surface area contributed by atoms with E-state index in [1.807, 2.05) is 36.4 Å². The van der Waals surface area contributed by atoms with E-state index in [1.54, 1.807) is 28.8 Å². The molecule has 102 valence electrons. The van der Waals surface area contributed by atoms with Crippen LogP contribution in [0.5, 0.6) is 0 Å². The molecular formula is C15H11Cl2NOS. The van der Waals surface area contributed by atoms with Crippen molar-refractivity contribution in [2.45, 2.75) is 5.37 Å². The van der Waals surface area contributed by atoms with E-state index < -0.39 is 0 Å². The summed E-state index contributed by atoms with van der Waals surface area (Å²) in [5, 5.41) is 1.08. The van der Waals surface area contributed by atoms with Crippen molar-refractivity contribution in [3.8, 4) is 0 Å². The Morgan fingerprint density at radius 3 is 2.55 bits per heavy atom. The van der Waals surface area contributed by atoms with Gasteiger partial charge in [-0.15, -0.1) is 11.8 Å². The minimum Gasteiger partial charge on any atom is -0.295 e. The zero-order valence-electron chi connectivity index (χ0n) is 10.4. The predicted molar refractivity (Wildman–Crippen MR) is 85.6 cm³/mol. The molecule has 1 amide bonds. The van der Waals surface area contributed by atoms with Gasteiger partial charge >= 0.3 is 0 Å². The first-order valence-corrected chi connectivity index (χ1v) is 7.91. The number of thioether (sulfide) groups is 1. The summed E-state index contributed by atoms with van der Waals surface area (Å²) in [4.78, 5) is 14.0. The second-order valence-corrected chi connectivity index (χ2v) is 6.34. The van der Waals surface area contributed by atoms with E-state index in [-0.39, 0.29) is 11.3 Å². The van der Waals surface area contributed by atoms with E-state index in [0.29, 0.717) is 15.8 Å². The Morgan fingerprint density at radius 2 is 1.85 bits per heavy atom. The molecule has 2 nitrogen and oxygen atoms in total. The number of carbonyl (C=O) groups excluding carboxylic acids is 1. The Morgan fingerprint density at radius 1 is 1.10 bits per heavy atom. The molecule has 1 unspecified atom stereocenters. The average Bonchev–Trinajstić information content (AvgIpc) is 2.81. The molecular weight excluding hydrogens is 313 g/mol. The first-order chi connectivity index (χ1) is 9.66. The molecule has 0 aromatic heterocycles. The second-order valence-electron chi connectivity index (χ2n) is 4.43. The van der Waals surface area contributed by atoms with Gasteiger partial charge in [0.05, 0.1) is 5.75 Å². The lowest BCUT2D eigenvalue weighted by Crippen LogP contribution is -2.27. The molecule has 2 aromatic rings. The molecule has 5 heteroatoms. The summed E-state index contributed by atoms with van der Waals surface area (Å²) in [7, 11) is 0. The second kappa shape index (κ2) is 5.68. The first kappa shape index (κ1) is 13.8. The van der Waals surface area contributed by atoms with Crippen LogP contribution in [0.4, 0.5) is 5.69 Å². The SMILES string of the molecule is O=C1CSC(c2ccc(Cl)cc2Cl)N1c1ccccc1. The number of carbonyl (C=O) groups is 1. The molecule has 1 saturated heterocycles. The van der Waals surface area contributed by atoms with Crippen molar-refractivity contribution in [1.29, 1.82) is 0 Å². The average molecular weight is 324 g/mol. The van der Waals surface area contributed by atoms with Crippen LogP contribution >= 0.6 is 35.0 Å². The monoisotopic (exact) mass is 323 g/mol. The van der Waals surface area contributed by atoms with Gasteiger partial charge in [0.25, 0.3) is 0 Å². The van der Waals surface area contributed by atoms with Gasteiger partial charge < -0.3 is 0 Å². The largest absolute Gasteiger partial charge is 0.295 e. The number of hydrogen-bond donors (Lipinski definition) is 0. The van der Waals surface area contributed by atoms with Crippen LogP contribution in [-0.2, 0) is 4.79 Å². The van der Waals surface area contributed by atoms with E-state index in [0.717, 1.165) is 11.3 Å². The molecule has 1 heterocycles. The number of hydrogen-bond acceptors (Lipinski definition) is 2. The molecule has 1 aliphatic heterocycles. The number of para-hydroxylation sites is 1. The van der Waals surface area contributed by atoms with Gasteiger partial charge in [-0.3, -0.25) is 9.69 Å². The van der Waals surface area contributed by atoms with Gasteiger partial charge in [0, 0.05) is 21.3 Å². The van der Waals surface area contributed by atoms with E-state index in [1.165, 1.54) is 0 Å². The minimum absolute atomic E-state index is 0.0946. The van der Waals surface area contributed by atoms with Crippen molar-refractivity contribution >= 4 is 46.6 Å². The number of halogens is 2. The van der Waals surface area contributed by atoms with Crippen LogP contribution in [0.2, 0.25) is 10.0 Å². The lowest BCUT2D eigenvalue weighted by atomic mass is 10.2. The van der Waals surface area contributed by atoms with Crippen LogP contribution in [0.25, 0.3) is 0 Å². The third-order valence-electron chi connectivity index (χ3n) is 3.13. The van der Waals surface area contributed by atoms with Gasteiger partial charge in [-0.05, 0) is 24.3 Å². The smallest absolute Gasteiger partial charge is 0.238 e. The predicted octanol–water partition coefficient (Wildman–Crippen LogP) is 4.77. The standard InChI is InChI=1S/C15H11Cl2NOS/c16-10-6-7-12(13(17)8-10)15-18(14(19)9-20-15)11-4-2-1-3-5-11/h1-8,15H,9H2. The Labute approximate surface area is 131 Å². The third kappa shape index (κ3) is 2.53. The van der Waals surface area contributed by atoms with Gasteiger partial charge in [0.1, 0.15) is 5.37 Å². The zero-order chi connectivity index (χ0) is 14.1. The molecule has 0 spiro atoms. The lowest BCUT2D eigenvalue weighted by Gasteiger charge is -2.25. The van der Waals surface area contributed by atoms with E-state index >= 15 is 0 Å². The molecule has 2 aromatic carbocycles. The van der Waals surface area contributed by atoms with Crippen molar-refractivity contribution in [3.05, 3.63) is 64.1 Å². The highest BCUT2D eigenvalue weighted by Crippen LogP contribution is 2.44. The fourth-order valence-corrected chi connectivity index (χ4v) is 4.01. The van der Waals surface area contributed by atoms with Gasteiger partial charge in [-0.25, -0.2) is 0 Å². The Kier molecular flexibility index (Phi) is 3.92. The molecule has 0 radical (unpaired) electrons. The van der Waals surface area contributed by atoms with Crippen LogP contribution in [-0.4, -0.2) is 11.7 Å². The highest BCUT2D eigenvalue weighted by atomic mass is 35.5. The zero-order valence-corrected chi connectivity index (χ0v) is 12.8. The van der Waals surface area contributed by atoms with Crippen molar-refractivity contribution in [3.63, 3.8) is 0 Å². The Balaban J connectivity index is 2.02. The van der Waals surface area contributed by atoms with Gasteiger partial charge in [-0.1, -0.05) is 47.5 Å². The number of nitrogens with zero attached hydrogens (tertiary/aromatic N) is 1. The van der Waals surface area contributed by atoms with Crippen LogP contribution in [0.3, 0.4) is 0 Å². The summed E-state index contributed by atoms with van der Waals surface area (Å²) in [6.07, 6.45) is 0. The van der Waals surface area contributed by atoms with Crippen LogP contribution in [0.1, 0.15) is 10.9 Å². The van der Waals surface area contributed by atoms with Crippen LogP contribution < -0.4 is 4.90 Å². The maximum atomic E-state index is 12.2. The summed E-state index contributed by atoms with van der Waals surface area (Å²) in [5.74, 6) is 0.552. The quantitative estimate of drug-likeness (QED) is 0.793. The topological polar surface area (TPSA) is 20.3 Å². The van der Waals surface area contributed by atoms with E-state index in [9.17, 15) is 4.79 Å². The summed E-state index contributed by atoms with van der Waals surface area (Å²) >= 11 is 13.8. The fraction of sp³-hybridized carbons (Fsp3) is 0.133. The lowest BCUT2D eigenvalue weighted by molar-refractivity contribution is -0.115. The highest BCUT2D eigenvalue weighted by Gasteiger charge is 2.34.